The Hall–Kier alpha value is -2.98. The van der Waals surface area contributed by atoms with Crippen LogP contribution in [0.2, 0.25) is 5.02 Å². The summed E-state index contributed by atoms with van der Waals surface area (Å²) in [5.41, 5.74) is -1.08. The number of aromatic nitrogens is 3. The summed E-state index contributed by atoms with van der Waals surface area (Å²) in [6.45, 7) is 0. The molecular weight excluding hydrogens is 504 g/mol. The summed E-state index contributed by atoms with van der Waals surface area (Å²) in [6.07, 6.45) is -3.77. The van der Waals surface area contributed by atoms with Crippen LogP contribution in [0.3, 0.4) is 0 Å². The second-order valence-electron chi connectivity index (χ2n) is 6.41. The molecule has 1 N–H and O–H groups in total. The van der Waals surface area contributed by atoms with E-state index in [0.29, 0.717) is 10.1 Å². The van der Waals surface area contributed by atoms with Gasteiger partial charge >= 0.3 is 6.18 Å². The molecule has 0 bridgehead atoms. The van der Waals surface area contributed by atoms with Gasteiger partial charge in [-0.05, 0) is 36.4 Å². The Kier molecular flexibility index (Phi) is 5.44. The molecule has 0 saturated heterocycles. The zero-order valence-corrected chi connectivity index (χ0v) is 17.6. The number of amides is 1. The SMILES string of the molecule is O=C(Nc1ccc(Cl)c(F)c1)c1cnn2c(C(F)(F)F)cc(-c3ccc(Br)cc3)nc12. The number of rotatable bonds is 3. The summed E-state index contributed by atoms with van der Waals surface area (Å²) >= 11 is 8.89. The number of halogens is 6. The highest BCUT2D eigenvalue weighted by Crippen LogP contribution is 2.33. The van der Waals surface area contributed by atoms with Crippen molar-refractivity contribution < 1.29 is 22.4 Å². The summed E-state index contributed by atoms with van der Waals surface area (Å²) in [4.78, 5) is 16.9. The van der Waals surface area contributed by atoms with Crippen LogP contribution < -0.4 is 5.32 Å². The third-order valence-corrected chi connectivity index (χ3v) is 5.16. The summed E-state index contributed by atoms with van der Waals surface area (Å²) in [6, 6.07) is 11.0. The van der Waals surface area contributed by atoms with Gasteiger partial charge in [-0.3, -0.25) is 4.79 Å². The predicted molar refractivity (Wildman–Crippen MR) is 110 cm³/mol. The molecule has 0 fully saturated rings. The summed E-state index contributed by atoms with van der Waals surface area (Å²) in [5, 5.41) is 5.98. The molecule has 1 amide bonds. The van der Waals surface area contributed by atoms with Crippen LogP contribution in [0.5, 0.6) is 0 Å². The van der Waals surface area contributed by atoms with E-state index in [4.69, 9.17) is 11.6 Å². The number of hydrogen-bond acceptors (Lipinski definition) is 3. The van der Waals surface area contributed by atoms with Crippen molar-refractivity contribution in [1.82, 2.24) is 14.6 Å². The third-order valence-electron chi connectivity index (χ3n) is 4.32. The molecule has 0 saturated carbocycles. The first-order valence-corrected chi connectivity index (χ1v) is 9.79. The second kappa shape index (κ2) is 7.93. The van der Waals surface area contributed by atoms with Gasteiger partial charge in [-0.15, -0.1) is 0 Å². The standard InChI is InChI=1S/C20H10BrClF4N4O/c21-11-3-1-10(2-4-11)16-8-17(20(24,25)26)30-18(29-16)13(9-27-30)19(31)28-12-5-6-14(22)15(23)7-12/h1-9H,(H,28,31). The Bertz CT molecular complexity index is 1310. The number of benzene rings is 2. The molecule has 11 heteroatoms. The van der Waals surface area contributed by atoms with E-state index in [9.17, 15) is 22.4 Å². The van der Waals surface area contributed by atoms with Crippen LogP contribution in [-0.2, 0) is 6.18 Å². The number of hydrogen-bond donors (Lipinski definition) is 1. The summed E-state index contributed by atoms with van der Waals surface area (Å²) < 4.78 is 55.9. The van der Waals surface area contributed by atoms with Gasteiger partial charge in [0.05, 0.1) is 16.9 Å². The molecular formula is C20H10BrClF4N4O. The number of nitrogens with zero attached hydrogens (tertiary/aromatic N) is 3. The molecule has 158 valence electrons. The fourth-order valence-corrected chi connectivity index (χ4v) is 3.25. The maximum Gasteiger partial charge on any atom is 0.433 e. The Morgan fingerprint density at radius 2 is 1.81 bits per heavy atom. The smallest absolute Gasteiger partial charge is 0.322 e. The highest BCUT2D eigenvalue weighted by Gasteiger charge is 2.36. The molecule has 0 aliphatic heterocycles. The predicted octanol–water partition coefficient (Wildman–Crippen LogP) is 6.22. The highest BCUT2D eigenvalue weighted by molar-refractivity contribution is 9.10. The van der Waals surface area contributed by atoms with E-state index in [1.165, 1.54) is 12.1 Å². The molecule has 0 atom stereocenters. The van der Waals surface area contributed by atoms with Crippen molar-refractivity contribution in [2.24, 2.45) is 0 Å². The lowest BCUT2D eigenvalue weighted by atomic mass is 10.1. The lowest BCUT2D eigenvalue weighted by molar-refractivity contribution is -0.142. The molecule has 0 aliphatic carbocycles. The number of carbonyl (C=O) groups excluding carboxylic acids is 1. The molecule has 2 heterocycles. The molecule has 0 radical (unpaired) electrons. The third kappa shape index (κ3) is 4.26. The number of fused-ring (bicyclic) bond motifs is 1. The van der Waals surface area contributed by atoms with Gasteiger partial charge in [-0.2, -0.15) is 18.3 Å². The van der Waals surface area contributed by atoms with Crippen molar-refractivity contribution in [3.63, 3.8) is 0 Å². The number of nitrogens with one attached hydrogen (secondary N) is 1. The molecule has 2 aromatic heterocycles. The van der Waals surface area contributed by atoms with Gasteiger partial charge in [0.1, 0.15) is 11.4 Å². The van der Waals surface area contributed by atoms with E-state index in [1.54, 1.807) is 24.3 Å². The van der Waals surface area contributed by atoms with Gasteiger partial charge in [-0.1, -0.05) is 39.7 Å². The highest BCUT2D eigenvalue weighted by atomic mass is 79.9. The first-order valence-electron chi connectivity index (χ1n) is 8.62. The van der Waals surface area contributed by atoms with Crippen LogP contribution in [-0.4, -0.2) is 20.5 Å². The van der Waals surface area contributed by atoms with Crippen molar-refractivity contribution in [3.8, 4) is 11.3 Å². The summed E-state index contributed by atoms with van der Waals surface area (Å²) in [7, 11) is 0. The molecule has 0 unspecified atom stereocenters. The Balaban J connectivity index is 1.82. The minimum absolute atomic E-state index is 0.0133. The first-order chi connectivity index (χ1) is 14.6. The number of alkyl halides is 3. The average molecular weight is 514 g/mol. The van der Waals surface area contributed by atoms with E-state index in [1.807, 2.05) is 0 Å². The minimum atomic E-state index is -4.75. The van der Waals surface area contributed by atoms with Crippen LogP contribution in [0.25, 0.3) is 16.9 Å². The van der Waals surface area contributed by atoms with E-state index >= 15 is 0 Å². The van der Waals surface area contributed by atoms with Gasteiger partial charge in [0.15, 0.2) is 11.3 Å². The van der Waals surface area contributed by atoms with Crippen molar-refractivity contribution in [2.45, 2.75) is 6.18 Å². The lowest BCUT2D eigenvalue weighted by Gasteiger charge is -2.12. The van der Waals surface area contributed by atoms with Gasteiger partial charge < -0.3 is 5.32 Å². The fraction of sp³-hybridized carbons (Fsp3) is 0.0500. The minimum Gasteiger partial charge on any atom is -0.322 e. The quantitative estimate of drug-likeness (QED) is 0.331. The average Bonchev–Trinajstić information content (AvgIpc) is 3.14. The second-order valence-corrected chi connectivity index (χ2v) is 7.73. The Labute approximate surface area is 185 Å². The van der Waals surface area contributed by atoms with E-state index < -0.39 is 23.6 Å². The molecule has 31 heavy (non-hydrogen) atoms. The van der Waals surface area contributed by atoms with Crippen LogP contribution in [0.1, 0.15) is 16.1 Å². The molecule has 0 spiro atoms. The van der Waals surface area contributed by atoms with E-state index in [0.717, 1.165) is 22.8 Å². The lowest BCUT2D eigenvalue weighted by Crippen LogP contribution is -2.16. The number of carbonyl (C=O) groups is 1. The Morgan fingerprint density at radius 3 is 2.45 bits per heavy atom. The van der Waals surface area contributed by atoms with Crippen LogP contribution in [0, 0.1) is 5.82 Å². The molecule has 0 aliphatic rings. The van der Waals surface area contributed by atoms with Gasteiger partial charge in [0.25, 0.3) is 5.91 Å². The van der Waals surface area contributed by atoms with E-state index in [-0.39, 0.29) is 27.6 Å². The fourth-order valence-electron chi connectivity index (χ4n) is 2.87. The topological polar surface area (TPSA) is 59.3 Å². The van der Waals surface area contributed by atoms with Crippen LogP contribution in [0.4, 0.5) is 23.2 Å². The van der Waals surface area contributed by atoms with Crippen molar-refractivity contribution in [2.75, 3.05) is 5.32 Å². The first kappa shape index (κ1) is 21.3. The van der Waals surface area contributed by atoms with Crippen LogP contribution in [0.15, 0.2) is 59.2 Å². The van der Waals surface area contributed by atoms with Gasteiger partial charge in [0, 0.05) is 15.7 Å². The van der Waals surface area contributed by atoms with Crippen molar-refractivity contribution in [1.29, 1.82) is 0 Å². The molecule has 4 aromatic rings. The normalized spacial score (nSPS) is 11.7. The molecule has 5 nitrogen and oxygen atoms in total. The van der Waals surface area contributed by atoms with Crippen LogP contribution >= 0.6 is 27.5 Å². The van der Waals surface area contributed by atoms with E-state index in [2.05, 4.69) is 31.3 Å². The summed E-state index contributed by atoms with van der Waals surface area (Å²) in [5.74, 6) is -1.56. The maximum absolute atomic E-state index is 13.7. The van der Waals surface area contributed by atoms with Crippen molar-refractivity contribution in [3.05, 3.63) is 81.3 Å². The molecule has 4 rings (SSSR count). The van der Waals surface area contributed by atoms with Crippen molar-refractivity contribution >= 4 is 44.8 Å². The molecule has 2 aromatic carbocycles. The zero-order valence-electron chi connectivity index (χ0n) is 15.2. The monoisotopic (exact) mass is 512 g/mol. The number of anilines is 1. The maximum atomic E-state index is 13.7. The largest absolute Gasteiger partial charge is 0.433 e. The van der Waals surface area contributed by atoms with Gasteiger partial charge in [0.2, 0.25) is 0 Å². The Morgan fingerprint density at radius 1 is 1.10 bits per heavy atom. The van der Waals surface area contributed by atoms with Gasteiger partial charge in [-0.25, -0.2) is 13.9 Å². The zero-order chi connectivity index (χ0) is 22.3.